The first-order valence-electron chi connectivity index (χ1n) is 7.72. The van der Waals surface area contributed by atoms with Crippen LogP contribution in [0.4, 0.5) is 10.1 Å². The highest BCUT2D eigenvalue weighted by atomic mass is 32.2. The summed E-state index contributed by atoms with van der Waals surface area (Å²) in [5.41, 5.74) is 2.05. The molecular formula is C17H25FN4OS. The molecule has 132 valence electrons. The normalized spacial score (nSPS) is 13.8. The number of carbonyl (C=O) groups excluding carboxylic acids is 1. The van der Waals surface area contributed by atoms with Crippen LogP contribution in [0.2, 0.25) is 0 Å². The molecule has 1 amide bonds. The van der Waals surface area contributed by atoms with Gasteiger partial charge in [0.15, 0.2) is 0 Å². The molecule has 0 N–H and O–H groups in total. The number of anilines is 1. The predicted octanol–water partition coefficient (Wildman–Crippen LogP) is 3.92. The van der Waals surface area contributed by atoms with Crippen LogP contribution in [0.3, 0.4) is 0 Å². The number of aliphatic imine (C=N–C) groups is 1. The Kier molecular flexibility index (Phi) is 7.91. The van der Waals surface area contributed by atoms with Crippen molar-refractivity contribution in [2.75, 3.05) is 23.5 Å². The smallest absolute Gasteiger partial charge is 0.230 e. The molecule has 1 atom stereocenters. The van der Waals surface area contributed by atoms with Crippen molar-refractivity contribution < 1.29 is 9.18 Å². The molecule has 0 saturated heterocycles. The Morgan fingerprint density at radius 1 is 1.62 bits per heavy atom. The van der Waals surface area contributed by atoms with Gasteiger partial charge in [-0.15, -0.1) is 0 Å². The number of thioether (sulfide) groups is 1. The van der Waals surface area contributed by atoms with Crippen LogP contribution < -0.4 is 4.90 Å². The first-order valence-corrected chi connectivity index (χ1v) is 9.11. The van der Waals surface area contributed by atoms with Crippen molar-refractivity contribution >= 4 is 35.8 Å². The maximum absolute atomic E-state index is 13.5. The number of rotatable bonds is 8. The van der Waals surface area contributed by atoms with Crippen LogP contribution >= 0.6 is 11.8 Å². The number of hydrogen-bond acceptors (Lipinski definition) is 4. The second kappa shape index (κ2) is 9.42. The number of aryl methyl sites for hydroxylation is 1. The molecule has 24 heavy (non-hydrogen) atoms. The first kappa shape index (κ1) is 20.2. The molecule has 1 aromatic heterocycles. The Balaban J connectivity index is 3.13. The number of aromatic nitrogens is 2. The number of nitrogens with zero attached hydrogens (tertiary/aromatic N) is 4. The van der Waals surface area contributed by atoms with Crippen LogP contribution in [0, 0.1) is 12.8 Å². The lowest BCUT2D eigenvalue weighted by atomic mass is 10.1. The van der Waals surface area contributed by atoms with Gasteiger partial charge in [0.2, 0.25) is 5.91 Å². The number of amides is 1. The summed E-state index contributed by atoms with van der Waals surface area (Å²) in [7, 11) is 0. The molecule has 1 aromatic rings. The van der Waals surface area contributed by atoms with Gasteiger partial charge in [-0.05, 0) is 39.8 Å². The summed E-state index contributed by atoms with van der Waals surface area (Å²) >= 11 is 1.65. The molecule has 0 bridgehead atoms. The van der Waals surface area contributed by atoms with Gasteiger partial charge in [0.05, 0.1) is 23.8 Å². The predicted molar refractivity (Wildman–Crippen MR) is 101 cm³/mol. The van der Waals surface area contributed by atoms with Gasteiger partial charge in [0, 0.05) is 23.9 Å². The van der Waals surface area contributed by atoms with Crippen LogP contribution in [0.5, 0.6) is 0 Å². The van der Waals surface area contributed by atoms with Crippen molar-refractivity contribution in [1.29, 1.82) is 0 Å². The van der Waals surface area contributed by atoms with Crippen LogP contribution in [0.1, 0.15) is 26.5 Å². The molecule has 0 aromatic carbocycles. The zero-order valence-electron chi connectivity index (χ0n) is 14.9. The monoisotopic (exact) mass is 352 g/mol. The topological polar surface area (TPSA) is 50.5 Å². The number of hydrogen-bond donors (Lipinski definition) is 0. The third-order valence-electron chi connectivity index (χ3n) is 3.51. The maximum Gasteiger partial charge on any atom is 0.230 e. The van der Waals surface area contributed by atoms with Crippen molar-refractivity contribution in [3.05, 3.63) is 30.0 Å². The third-order valence-corrected chi connectivity index (χ3v) is 4.34. The summed E-state index contributed by atoms with van der Waals surface area (Å²) < 4.78 is 15.1. The van der Waals surface area contributed by atoms with Gasteiger partial charge in [0.25, 0.3) is 0 Å². The zero-order valence-corrected chi connectivity index (χ0v) is 15.7. The van der Waals surface area contributed by atoms with E-state index in [4.69, 9.17) is 0 Å². The molecule has 0 spiro atoms. The van der Waals surface area contributed by atoms with Crippen molar-refractivity contribution in [3.8, 4) is 0 Å². The highest BCUT2D eigenvalue weighted by Crippen LogP contribution is 2.23. The molecule has 7 heteroatoms. The summed E-state index contributed by atoms with van der Waals surface area (Å²) in [5, 5.41) is 4.39. The Morgan fingerprint density at radius 3 is 2.83 bits per heavy atom. The minimum atomic E-state index is -0.505. The van der Waals surface area contributed by atoms with E-state index in [9.17, 15) is 9.18 Å². The summed E-state index contributed by atoms with van der Waals surface area (Å²) in [6, 6.07) is 0. The molecule has 0 aliphatic heterocycles. The fraction of sp³-hybridized carbons (Fsp3) is 0.471. The summed E-state index contributed by atoms with van der Waals surface area (Å²) in [5.74, 6) is 0.261. The van der Waals surface area contributed by atoms with Crippen molar-refractivity contribution in [2.45, 2.75) is 27.7 Å². The lowest BCUT2D eigenvalue weighted by molar-refractivity contribution is -0.121. The van der Waals surface area contributed by atoms with Crippen LogP contribution in [-0.2, 0) is 4.79 Å². The van der Waals surface area contributed by atoms with Gasteiger partial charge in [-0.25, -0.2) is 9.07 Å². The van der Waals surface area contributed by atoms with E-state index in [0.29, 0.717) is 12.2 Å². The van der Waals surface area contributed by atoms with E-state index >= 15 is 0 Å². The van der Waals surface area contributed by atoms with Crippen molar-refractivity contribution in [3.63, 3.8) is 0 Å². The molecular weight excluding hydrogens is 327 g/mol. The van der Waals surface area contributed by atoms with Crippen LogP contribution in [0.25, 0.3) is 5.70 Å². The summed E-state index contributed by atoms with van der Waals surface area (Å²) in [6.45, 7) is 11.2. The highest BCUT2D eigenvalue weighted by Gasteiger charge is 2.23. The number of halogens is 1. The second-order valence-electron chi connectivity index (χ2n) is 5.47. The van der Waals surface area contributed by atoms with Gasteiger partial charge in [-0.1, -0.05) is 6.92 Å². The molecule has 1 unspecified atom stereocenters. The average Bonchev–Trinajstić information content (AvgIpc) is 2.90. The van der Waals surface area contributed by atoms with Crippen molar-refractivity contribution in [1.82, 2.24) is 9.78 Å². The quantitative estimate of drug-likeness (QED) is 0.526. The lowest BCUT2D eigenvalue weighted by Crippen LogP contribution is -2.36. The number of carbonyl (C=O) groups is 1. The van der Waals surface area contributed by atoms with Crippen LogP contribution in [0.15, 0.2) is 29.3 Å². The van der Waals surface area contributed by atoms with E-state index in [-0.39, 0.29) is 11.8 Å². The van der Waals surface area contributed by atoms with Crippen LogP contribution in [-0.4, -0.2) is 41.0 Å². The van der Waals surface area contributed by atoms with E-state index in [0.717, 1.165) is 23.3 Å². The molecule has 5 nitrogen and oxygen atoms in total. The van der Waals surface area contributed by atoms with Gasteiger partial charge < -0.3 is 4.90 Å². The molecule has 0 fully saturated rings. The Bertz CT molecular complexity index is 651. The number of allylic oxidation sites excluding steroid dienone is 3. The Morgan fingerprint density at radius 2 is 2.29 bits per heavy atom. The molecule has 0 radical (unpaired) electrons. The molecule has 1 heterocycles. The lowest BCUT2D eigenvalue weighted by Gasteiger charge is -2.23. The molecule has 0 saturated carbocycles. The maximum atomic E-state index is 13.5. The van der Waals surface area contributed by atoms with E-state index in [1.165, 1.54) is 6.08 Å². The fourth-order valence-electron chi connectivity index (χ4n) is 2.32. The summed E-state index contributed by atoms with van der Waals surface area (Å²) in [6.07, 6.45) is 6.09. The second-order valence-corrected chi connectivity index (χ2v) is 6.38. The highest BCUT2D eigenvalue weighted by molar-refractivity contribution is 7.98. The largest absolute Gasteiger partial charge is 0.309 e. The van der Waals surface area contributed by atoms with Gasteiger partial charge in [0.1, 0.15) is 5.83 Å². The van der Waals surface area contributed by atoms with Gasteiger partial charge in [-0.2, -0.15) is 16.9 Å². The SMILES string of the molecule is C=N/C=C(F)\C=C(/C)n1cc(N(CC)C(=O)C(C)CSC)c(C)n1. The van der Waals surface area contributed by atoms with Gasteiger partial charge in [-0.3, -0.25) is 9.79 Å². The Labute approximate surface area is 147 Å². The average molecular weight is 352 g/mol. The first-order chi connectivity index (χ1) is 11.3. The zero-order chi connectivity index (χ0) is 18.3. The van der Waals surface area contributed by atoms with E-state index in [1.54, 1.807) is 34.5 Å². The minimum Gasteiger partial charge on any atom is -0.309 e. The standard InChI is InChI=1S/C17H25FN4OS/c1-7-21(17(23)12(2)11-24-6)16-10-22(20-14(16)4)13(3)8-15(18)9-19-5/h8-10,12H,5,7,11H2,1-4,6H3/b13-8+,15-9+. The van der Waals surface area contributed by atoms with Gasteiger partial charge >= 0.3 is 0 Å². The van der Waals surface area contributed by atoms with Crippen molar-refractivity contribution in [2.24, 2.45) is 10.9 Å². The van der Waals surface area contributed by atoms with E-state index in [2.05, 4.69) is 16.8 Å². The third kappa shape index (κ3) is 5.06. The molecule has 0 aliphatic carbocycles. The molecule has 1 rings (SSSR count). The fourth-order valence-corrected chi connectivity index (χ4v) is 2.96. The van der Waals surface area contributed by atoms with E-state index in [1.807, 2.05) is 27.0 Å². The minimum absolute atomic E-state index is 0.0677. The van der Waals surface area contributed by atoms with E-state index < -0.39 is 5.83 Å². The molecule has 0 aliphatic rings. The summed E-state index contributed by atoms with van der Waals surface area (Å²) in [4.78, 5) is 17.7. The Hall–Kier alpha value is -1.89.